The first-order chi connectivity index (χ1) is 7.13. The van der Waals surface area contributed by atoms with Gasteiger partial charge in [0.2, 0.25) is 0 Å². The molecule has 3 N–H and O–H groups in total. The van der Waals surface area contributed by atoms with Crippen molar-refractivity contribution in [3.63, 3.8) is 0 Å². The summed E-state index contributed by atoms with van der Waals surface area (Å²) in [5.74, 6) is 0. The third-order valence-electron chi connectivity index (χ3n) is 3.50. The minimum absolute atomic E-state index is 0.152. The highest BCUT2D eigenvalue weighted by Crippen LogP contribution is 2.22. The molecule has 0 aromatic rings. The van der Waals surface area contributed by atoms with Gasteiger partial charge in [-0.1, -0.05) is 6.08 Å². The van der Waals surface area contributed by atoms with Gasteiger partial charge < -0.3 is 16.0 Å². The van der Waals surface area contributed by atoms with E-state index in [1.807, 2.05) is 6.08 Å². The summed E-state index contributed by atoms with van der Waals surface area (Å²) in [7, 11) is 0. The van der Waals surface area contributed by atoms with Crippen molar-refractivity contribution in [3.8, 4) is 0 Å². The molecule has 1 fully saturated rings. The molecule has 0 spiro atoms. The molecule has 88 valence electrons. The Morgan fingerprint density at radius 2 is 2.07 bits per heavy atom. The molecule has 1 aliphatic rings. The quantitative estimate of drug-likeness (QED) is 0.666. The van der Waals surface area contributed by atoms with Crippen LogP contribution in [0.5, 0.6) is 0 Å². The van der Waals surface area contributed by atoms with E-state index in [0.717, 1.165) is 39.0 Å². The standard InChI is InChI=1S/C12H25N3/c1-4-7-14-12(10-13)5-8-15(9-6-12)11(2)3/h4,11,14H,1,5-10,13H2,2-3H3. The van der Waals surface area contributed by atoms with Gasteiger partial charge in [-0.2, -0.15) is 0 Å². The van der Waals surface area contributed by atoms with Crippen molar-refractivity contribution in [1.29, 1.82) is 0 Å². The third-order valence-corrected chi connectivity index (χ3v) is 3.50. The highest BCUT2D eigenvalue weighted by Gasteiger charge is 2.32. The van der Waals surface area contributed by atoms with Gasteiger partial charge >= 0.3 is 0 Å². The van der Waals surface area contributed by atoms with Gasteiger partial charge in [-0.05, 0) is 26.7 Å². The van der Waals surface area contributed by atoms with Crippen molar-refractivity contribution in [2.45, 2.75) is 38.3 Å². The van der Waals surface area contributed by atoms with E-state index in [-0.39, 0.29) is 5.54 Å². The van der Waals surface area contributed by atoms with Crippen molar-refractivity contribution >= 4 is 0 Å². The number of nitrogens with one attached hydrogen (secondary N) is 1. The second-order valence-electron chi connectivity index (χ2n) is 4.78. The van der Waals surface area contributed by atoms with Crippen LogP contribution < -0.4 is 11.1 Å². The van der Waals surface area contributed by atoms with E-state index in [1.54, 1.807) is 0 Å². The fourth-order valence-electron chi connectivity index (χ4n) is 2.21. The Kier molecular flexibility index (Phi) is 4.77. The molecule has 0 aromatic heterocycles. The van der Waals surface area contributed by atoms with Crippen LogP contribution in [0.25, 0.3) is 0 Å². The fourth-order valence-corrected chi connectivity index (χ4v) is 2.21. The molecule has 3 nitrogen and oxygen atoms in total. The zero-order valence-electron chi connectivity index (χ0n) is 10.1. The SMILES string of the molecule is C=CCNC1(CN)CCN(C(C)C)CC1. The van der Waals surface area contributed by atoms with Gasteiger partial charge in [0.25, 0.3) is 0 Å². The average Bonchev–Trinajstić information content (AvgIpc) is 2.27. The highest BCUT2D eigenvalue weighted by atomic mass is 15.2. The van der Waals surface area contributed by atoms with Crippen LogP contribution >= 0.6 is 0 Å². The van der Waals surface area contributed by atoms with Crippen LogP contribution in [0.15, 0.2) is 12.7 Å². The van der Waals surface area contributed by atoms with Crippen molar-refractivity contribution in [1.82, 2.24) is 10.2 Å². The molecular weight excluding hydrogens is 186 g/mol. The van der Waals surface area contributed by atoms with Gasteiger partial charge in [0.15, 0.2) is 0 Å². The van der Waals surface area contributed by atoms with Gasteiger partial charge in [-0.15, -0.1) is 6.58 Å². The normalized spacial score (nSPS) is 21.9. The average molecular weight is 211 g/mol. The van der Waals surface area contributed by atoms with Crippen LogP contribution in [-0.2, 0) is 0 Å². The molecule has 1 rings (SSSR count). The lowest BCUT2D eigenvalue weighted by Gasteiger charge is -2.43. The molecule has 0 amide bonds. The minimum Gasteiger partial charge on any atom is -0.329 e. The van der Waals surface area contributed by atoms with Gasteiger partial charge in [-0.25, -0.2) is 0 Å². The Hall–Kier alpha value is -0.380. The molecule has 1 heterocycles. The van der Waals surface area contributed by atoms with Gasteiger partial charge in [-0.3, -0.25) is 0 Å². The predicted molar refractivity (Wildman–Crippen MR) is 65.9 cm³/mol. The Morgan fingerprint density at radius 3 is 2.47 bits per heavy atom. The van der Waals surface area contributed by atoms with Crippen LogP contribution in [0.4, 0.5) is 0 Å². The van der Waals surface area contributed by atoms with Crippen molar-refractivity contribution in [2.75, 3.05) is 26.2 Å². The van der Waals surface area contributed by atoms with Crippen LogP contribution in [0.2, 0.25) is 0 Å². The van der Waals surface area contributed by atoms with E-state index < -0.39 is 0 Å². The maximum Gasteiger partial charge on any atom is 0.0331 e. The van der Waals surface area contributed by atoms with E-state index in [0.29, 0.717) is 6.04 Å². The van der Waals surface area contributed by atoms with Gasteiger partial charge in [0.1, 0.15) is 0 Å². The van der Waals surface area contributed by atoms with E-state index >= 15 is 0 Å². The Morgan fingerprint density at radius 1 is 1.47 bits per heavy atom. The van der Waals surface area contributed by atoms with Crippen molar-refractivity contribution < 1.29 is 0 Å². The largest absolute Gasteiger partial charge is 0.329 e. The lowest BCUT2D eigenvalue weighted by atomic mass is 9.87. The summed E-state index contributed by atoms with van der Waals surface area (Å²) in [6.45, 7) is 12.1. The first-order valence-corrected chi connectivity index (χ1v) is 5.93. The first-order valence-electron chi connectivity index (χ1n) is 5.93. The highest BCUT2D eigenvalue weighted by molar-refractivity contribution is 4.96. The lowest BCUT2D eigenvalue weighted by molar-refractivity contribution is 0.116. The first kappa shape index (κ1) is 12.7. The van der Waals surface area contributed by atoms with Crippen molar-refractivity contribution in [3.05, 3.63) is 12.7 Å². The molecule has 1 saturated heterocycles. The summed E-state index contributed by atoms with van der Waals surface area (Å²) < 4.78 is 0. The molecule has 0 radical (unpaired) electrons. The molecule has 0 aliphatic carbocycles. The van der Waals surface area contributed by atoms with Crippen LogP contribution in [0.1, 0.15) is 26.7 Å². The molecule has 3 heteroatoms. The molecule has 15 heavy (non-hydrogen) atoms. The number of likely N-dealkylation sites (tertiary alicyclic amines) is 1. The molecular formula is C12H25N3. The summed E-state index contributed by atoms with van der Waals surface area (Å²) in [5, 5.41) is 3.52. The topological polar surface area (TPSA) is 41.3 Å². The third kappa shape index (κ3) is 3.30. The number of rotatable bonds is 5. The maximum absolute atomic E-state index is 5.89. The summed E-state index contributed by atoms with van der Waals surface area (Å²) in [6.07, 6.45) is 4.21. The number of hydrogen-bond donors (Lipinski definition) is 2. The summed E-state index contributed by atoms with van der Waals surface area (Å²) >= 11 is 0. The molecule has 0 saturated carbocycles. The molecule has 0 unspecified atom stereocenters. The number of piperidine rings is 1. The van der Waals surface area contributed by atoms with E-state index in [4.69, 9.17) is 5.73 Å². The molecule has 0 atom stereocenters. The predicted octanol–water partition coefficient (Wildman–Crippen LogP) is 0.964. The van der Waals surface area contributed by atoms with E-state index in [9.17, 15) is 0 Å². The van der Waals surface area contributed by atoms with Crippen LogP contribution in [0.3, 0.4) is 0 Å². The Balaban J connectivity index is 2.46. The molecule has 0 bridgehead atoms. The molecule has 1 aliphatic heterocycles. The summed E-state index contributed by atoms with van der Waals surface area (Å²) in [5.41, 5.74) is 6.04. The van der Waals surface area contributed by atoms with Crippen molar-refractivity contribution in [2.24, 2.45) is 5.73 Å². The zero-order chi connectivity index (χ0) is 11.3. The van der Waals surface area contributed by atoms with E-state index in [1.165, 1.54) is 0 Å². The van der Waals surface area contributed by atoms with Gasteiger partial charge in [0.05, 0.1) is 0 Å². The molecule has 0 aromatic carbocycles. The smallest absolute Gasteiger partial charge is 0.0331 e. The van der Waals surface area contributed by atoms with E-state index in [2.05, 4.69) is 30.6 Å². The second-order valence-corrected chi connectivity index (χ2v) is 4.78. The number of nitrogens with zero attached hydrogens (tertiary/aromatic N) is 1. The number of nitrogens with two attached hydrogens (primary N) is 1. The monoisotopic (exact) mass is 211 g/mol. The van der Waals surface area contributed by atoms with Gasteiger partial charge in [0, 0.05) is 37.8 Å². The maximum atomic E-state index is 5.89. The minimum atomic E-state index is 0.152. The van der Waals surface area contributed by atoms with Crippen LogP contribution in [-0.4, -0.2) is 42.7 Å². The summed E-state index contributed by atoms with van der Waals surface area (Å²) in [6, 6.07) is 0.653. The Bertz CT molecular complexity index is 193. The lowest BCUT2D eigenvalue weighted by Crippen LogP contribution is -2.58. The fraction of sp³-hybridized carbons (Fsp3) is 0.833. The number of hydrogen-bond acceptors (Lipinski definition) is 3. The van der Waals surface area contributed by atoms with Crippen LogP contribution in [0, 0.1) is 0 Å². The zero-order valence-corrected chi connectivity index (χ0v) is 10.1. The summed E-state index contributed by atoms with van der Waals surface area (Å²) in [4.78, 5) is 2.52. The second kappa shape index (κ2) is 5.64. The Labute approximate surface area is 93.7 Å².